The molecule has 3 N–H and O–H groups in total. The maximum Gasteiger partial charge on any atom is 0.381 e. The molecule has 2 rings (SSSR count). The zero-order valence-corrected chi connectivity index (χ0v) is 15.4. The number of urea groups is 1. The molecule has 3 amide bonds. The molecule has 2 unspecified atom stereocenters. The second-order valence-electron chi connectivity index (χ2n) is 5.12. The Morgan fingerprint density at radius 1 is 1.46 bits per heavy atom. The Hall–Kier alpha value is -2.27. The van der Waals surface area contributed by atoms with Crippen LogP contribution in [0.2, 0.25) is 0 Å². The molecule has 1 aliphatic heterocycles. The Morgan fingerprint density at radius 3 is 2.65 bits per heavy atom. The Kier molecular flexibility index (Phi) is 6.48. The largest absolute Gasteiger partial charge is 0.381 e. The van der Waals surface area contributed by atoms with Crippen LogP contribution in [0.5, 0.6) is 0 Å². The Balaban J connectivity index is 2.18. The summed E-state index contributed by atoms with van der Waals surface area (Å²) in [7, 11) is -3.87. The molecule has 1 aromatic heterocycles. The lowest BCUT2D eigenvalue weighted by Gasteiger charge is -2.26. The highest BCUT2D eigenvalue weighted by atomic mass is 31.2. The highest BCUT2D eigenvalue weighted by molar-refractivity contribution is 7.53. The fourth-order valence-electron chi connectivity index (χ4n) is 2.14. The molecule has 0 aliphatic carbocycles. The standard InChI is InChI=1S/C13H21N6O6P/c1-4-24-26(23,25-5-2)13(22)19-8-11(16-17-19)18-7-6-10(14-9(3)20)15-12(18)21/h6-8,10,13,22H,4-5H2,1-3H3,(H,14,20)(H,15,21). The number of anilines is 1. The number of aromatic nitrogens is 3. The lowest BCUT2D eigenvalue weighted by atomic mass is 10.3. The summed E-state index contributed by atoms with van der Waals surface area (Å²) in [6.07, 6.45) is 3.50. The van der Waals surface area contributed by atoms with Crippen molar-refractivity contribution >= 4 is 25.4 Å². The van der Waals surface area contributed by atoms with E-state index in [1.165, 1.54) is 25.4 Å². The lowest BCUT2D eigenvalue weighted by Crippen LogP contribution is -2.53. The third-order valence-electron chi connectivity index (χ3n) is 3.17. The zero-order chi connectivity index (χ0) is 19.3. The quantitative estimate of drug-likeness (QED) is 0.545. The van der Waals surface area contributed by atoms with E-state index in [0.29, 0.717) is 0 Å². The van der Waals surface area contributed by atoms with Crippen molar-refractivity contribution in [3.8, 4) is 0 Å². The van der Waals surface area contributed by atoms with Gasteiger partial charge in [0.05, 0.1) is 19.4 Å². The van der Waals surface area contributed by atoms with Crippen LogP contribution in [0.4, 0.5) is 10.6 Å². The van der Waals surface area contributed by atoms with Crippen molar-refractivity contribution in [2.75, 3.05) is 18.1 Å². The average Bonchev–Trinajstić information content (AvgIpc) is 3.03. The van der Waals surface area contributed by atoms with Crippen molar-refractivity contribution in [3.05, 3.63) is 18.5 Å². The van der Waals surface area contributed by atoms with Crippen molar-refractivity contribution in [2.24, 2.45) is 0 Å². The maximum absolute atomic E-state index is 12.6. The van der Waals surface area contributed by atoms with Gasteiger partial charge in [0.15, 0.2) is 5.82 Å². The molecule has 0 saturated carbocycles. The summed E-state index contributed by atoms with van der Waals surface area (Å²) in [5.41, 5.74) is 0. The van der Waals surface area contributed by atoms with Crippen LogP contribution < -0.4 is 15.5 Å². The molecule has 12 nitrogen and oxygen atoms in total. The van der Waals surface area contributed by atoms with E-state index in [2.05, 4.69) is 20.9 Å². The predicted octanol–water partition coefficient (Wildman–Crippen LogP) is 0.498. The summed E-state index contributed by atoms with van der Waals surface area (Å²) in [5, 5.41) is 22.8. The number of aliphatic hydroxyl groups is 1. The fraction of sp³-hybridized carbons (Fsp3) is 0.538. The molecule has 2 heterocycles. The van der Waals surface area contributed by atoms with Crippen molar-refractivity contribution in [1.29, 1.82) is 0 Å². The molecule has 0 aromatic carbocycles. The number of hydrogen-bond acceptors (Lipinski definition) is 8. The number of hydrogen-bond donors (Lipinski definition) is 3. The Bertz CT molecular complexity index is 726. The van der Waals surface area contributed by atoms with E-state index < -0.39 is 25.8 Å². The number of nitrogens with zero attached hydrogens (tertiary/aromatic N) is 4. The van der Waals surface area contributed by atoms with Gasteiger partial charge in [-0.3, -0.25) is 14.3 Å². The first-order chi connectivity index (χ1) is 12.3. The Morgan fingerprint density at radius 2 is 2.12 bits per heavy atom. The number of carbonyl (C=O) groups excluding carboxylic acids is 2. The average molecular weight is 388 g/mol. The maximum atomic E-state index is 12.6. The molecule has 2 atom stereocenters. The van der Waals surface area contributed by atoms with Gasteiger partial charge in [0.1, 0.15) is 6.17 Å². The zero-order valence-electron chi connectivity index (χ0n) is 14.5. The highest BCUT2D eigenvalue weighted by Crippen LogP contribution is 2.57. The monoisotopic (exact) mass is 388 g/mol. The molecule has 26 heavy (non-hydrogen) atoms. The number of rotatable bonds is 8. The smallest absolute Gasteiger partial charge is 0.362 e. The van der Waals surface area contributed by atoms with Gasteiger partial charge in [-0.2, -0.15) is 0 Å². The van der Waals surface area contributed by atoms with Crippen LogP contribution in [-0.2, 0) is 18.4 Å². The Labute approximate surface area is 149 Å². The molecule has 0 fully saturated rings. The lowest BCUT2D eigenvalue weighted by molar-refractivity contribution is -0.119. The number of aliphatic hydroxyl groups excluding tert-OH is 1. The van der Waals surface area contributed by atoms with Crippen LogP contribution >= 0.6 is 7.60 Å². The van der Waals surface area contributed by atoms with E-state index in [4.69, 9.17) is 9.05 Å². The van der Waals surface area contributed by atoms with Crippen LogP contribution in [0.25, 0.3) is 0 Å². The first kappa shape index (κ1) is 20.0. The number of amides is 3. The SMILES string of the molecule is CCOP(=O)(OCC)C(O)n1cc(N2C=CC(NC(C)=O)NC2=O)nn1. The summed E-state index contributed by atoms with van der Waals surface area (Å²) >= 11 is 0. The van der Waals surface area contributed by atoms with Gasteiger partial charge in [0, 0.05) is 13.1 Å². The van der Waals surface area contributed by atoms with Gasteiger partial charge in [-0.25, -0.2) is 9.48 Å². The number of carbonyl (C=O) groups is 2. The minimum absolute atomic E-state index is 0.0672. The third-order valence-corrected chi connectivity index (χ3v) is 5.21. The van der Waals surface area contributed by atoms with E-state index in [0.717, 1.165) is 9.58 Å². The van der Waals surface area contributed by atoms with Crippen molar-refractivity contribution in [2.45, 2.75) is 32.9 Å². The summed E-state index contributed by atoms with van der Waals surface area (Å²) < 4.78 is 23.6. The first-order valence-corrected chi connectivity index (χ1v) is 9.45. The minimum atomic E-state index is -3.87. The van der Waals surface area contributed by atoms with Gasteiger partial charge < -0.3 is 24.8 Å². The first-order valence-electron chi connectivity index (χ1n) is 7.84. The molecule has 1 aliphatic rings. The van der Waals surface area contributed by atoms with Crippen molar-refractivity contribution in [1.82, 2.24) is 25.6 Å². The second kappa shape index (κ2) is 8.41. The molecule has 13 heteroatoms. The van der Waals surface area contributed by atoms with Crippen LogP contribution in [0.15, 0.2) is 18.5 Å². The highest BCUT2D eigenvalue weighted by Gasteiger charge is 2.37. The van der Waals surface area contributed by atoms with E-state index in [9.17, 15) is 19.3 Å². The van der Waals surface area contributed by atoms with Crippen LogP contribution in [0, 0.1) is 0 Å². The van der Waals surface area contributed by atoms with Gasteiger partial charge in [0.25, 0.3) is 5.97 Å². The van der Waals surface area contributed by atoms with E-state index >= 15 is 0 Å². The number of nitrogens with one attached hydrogen (secondary N) is 2. The van der Waals surface area contributed by atoms with E-state index in [-0.39, 0.29) is 24.9 Å². The van der Waals surface area contributed by atoms with E-state index in [1.54, 1.807) is 13.8 Å². The predicted molar refractivity (Wildman–Crippen MR) is 89.9 cm³/mol. The molecular formula is C13H21N6O6P. The van der Waals surface area contributed by atoms with Gasteiger partial charge in [-0.1, -0.05) is 5.21 Å². The summed E-state index contributed by atoms with van der Waals surface area (Å²) in [4.78, 5) is 24.3. The van der Waals surface area contributed by atoms with Gasteiger partial charge in [-0.05, 0) is 19.9 Å². The minimum Gasteiger partial charge on any atom is -0.362 e. The molecular weight excluding hydrogens is 367 g/mol. The molecule has 144 valence electrons. The molecule has 0 radical (unpaired) electrons. The summed E-state index contributed by atoms with van der Waals surface area (Å²) in [5.74, 6) is -1.95. The van der Waals surface area contributed by atoms with Gasteiger partial charge in [-0.15, -0.1) is 5.10 Å². The van der Waals surface area contributed by atoms with Crippen LogP contribution in [0.3, 0.4) is 0 Å². The van der Waals surface area contributed by atoms with Crippen LogP contribution in [0.1, 0.15) is 26.7 Å². The van der Waals surface area contributed by atoms with Crippen LogP contribution in [-0.4, -0.2) is 51.4 Å². The van der Waals surface area contributed by atoms with E-state index in [1.807, 2.05) is 0 Å². The van der Waals surface area contributed by atoms with Gasteiger partial charge in [0.2, 0.25) is 5.91 Å². The van der Waals surface area contributed by atoms with Gasteiger partial charge >= 0.3 is 13.6 Å². The molecule has 1 aromatic rings. The topological polar surface area (TPSA) is 148 Å². The van der Waals surface area contributed by atoms with Crippen molar-refractivity contribution in [3.63, 3.8) is 0 Å². The third kappa shape index (κ3) is 4.47. The molecule has 0 bridgehead atoms. The molecule has 0 saturated heterocycles. The second-order valence-corrected chi connectivity index (χ2v) is 7.18. The molecule has 0 spiro atoms. The summed E-state index contributed by atoms with van der Waals surface area (Å²) in [6, 6.07) is -0.564. The fourth-order valence-corrected chi connectivity index (χ4v) is 3.60. The normalized spacial score (nSPS) is 18.5. The van der Waals surface area contributed by atoms with Crippen molar-refractivity contribution < 1.29 is 28.3 Å². The summed E-state index contributed by atoms with van der Waals surface area (Å²) in [6.45, 7) is 4.68.